The normalized spacial score (nSPS) is 18.4. The molecule has 0 aromatic carbocycles. The molecule has 0 bridgehead atoms. The van der Waals surface area contributed by atoms with Gasteiger partial charge in [0.15, 0.2) is 0 Å². The molecule has 0 saturated carbocycles. The Hall–Kier alpha value is -1.46. The number of pyridine rings is 1. The molecule has 1 fully saturated rings. The Kier molecular flexibility index (Phi) is 6.63. The molecule has 0 aliphatic carbocycles. The molecule has 1 N–H and O–H groups in total. The number of nitrogens with one attached hydrogen (secondary N) is 1. The van der Waals surface area contributed by atoms with Gasteiger partial charge < -0.3 is 14.8 Å². The standard InChI is InChI=1S/C16H24N2O3/c1-13-5-4-6-14(18-13)8-9-17-16(19)12-20-11-15-7-2-3-10-21-15/h4-6,15H,2-3,7-12H2,1H3,(H,17,19). The van der Waals surface area contributed by atoms with Crippen molar-refractivity contribution in [1.82, 2.24) is 10.3 Å². The lowest BCUT2D eigenvalue weighted by atomic mass is 10.1. The third-order valence-corrected chi connectivity index (χ3v) is 3.46. The van der Waals surface area contributed by atoms with Crippen molar-refractivity contribution in [3.05, 3.63) is 29.6 Å². The molecule has 1 atom stereocenters. The summed E-state index contributed by atoms with van der Waals surface area (Å²) in [6.45, 7) is 3.96. The van der Waals surface area contributed by atoms with E-state index in [-0.39, 0.29) is 18.6 Å². The highest BCUT2D eigenvalue weighted by molar-refractivity contribution is 5.77. The van der Waals surface area contributed by atoms with E-state index in [1.165, 1.54) is 6.42 Å². The minimum Gasteiger partial charge on any atom is -0.376 e. The van der Waals surface area contributed by atoms with Crippen molar-refractivity contribution < 1.29 is 14.3 Å². The van der Waals surface area contributed by atoms with Crippen molar-refractivity contribution in [3.63, 3.8) is 0 Å². The second-order valence-corrected chi connectivity index (χ2v) is 5.37. The molecule has 1 amide bonds. The maximum Gasteiger partial charge on any atom is 0.246 e. The zero-order valence-corrected chi connectivity index (χ0v) is 12.6. The molecule has 1 saturated heterocycles. The van der Waals surface area contributed by atoms with E-state index >= 15 is 0 Å². The highest BCUT2D eigenvalue weighted by Gasteiger charge is 2.14. The third kappa shape index (κ3) is 6.23. The van der Waals surface area contributed by atoms with Crippen LogP contribution in [0.2, 0.25) is 0 Å². The van der Waals surface area contributed by atoms with Crippen LogP contribution in [-0.2, 0) is 20.7 Å². The Balaban J connectivity index is 1.55. The molecule has 2 heterocycles. The number of carbonyl (C=O) groups is 1. The number of amides is 1. The van der Waals surface area contributed by atoms with Crippen LogP contribution < -0.4 is 5.32 Å². The Labute approximate surface area is 126 Å². The van der Waals surface area contributed by atoms with Gasteiger partial charge in [-0.3, -0.25) is 9.78 Å². The molecule has 2 rings (SSSR count). The molecule has 1 unspecified atom stereocenters. The van der Waals surface area contributed by atoms with Crippen LogP contribution in [0, 0.1) is 6.92 Å². The van der Waals surface area contributed by atoms with Crippen LogP contribution in [-0.4, -0.2) is 43.4 Å². The predicted octanol–water partition coefficient (Wildman–Crippen LogP) is 1.63. The van der Waals surface area contributed by atoms with Gasteiger partial charge in [-0.25, -0.2) is 0 Å². The Morgan fingerprint density at radius 1 is 1.48 bits per heavy atom. The number of aromatic nitrogens is 1. The average molecular weight is 292 g/mol. The summed E-state index contributed by atoms with van der Waals surface area (Å²) >= 11 is 0. The van der Waals surface area contributed by atoms with Crippen molar-refractivity contribution in [2.75, 3.05) is 26.4 Å². The van der Waals surface area contributed by atoms with Crippen LogP contribution in [0.4, 0.5) is 0 Å². The molecule has 1 aromatic rings. The van der Waals surface area contributed by atoms with E-state index in [0.29, 0.717) is 13.2 Å². The van der Waals surface area contributed by atoms with Crippen molar-refractivity contribution in [1.29, 1.82) is 0 Å². The maximum atomic E-state index is 11.6. The summed E-state index contributed by atoms with van der Waals surface area (Å²) in [5, 5.41) is 2.84. The van der Waals surface area contributed by atoms with Crippen molar-refractivity contribution in [3.8, 4) is 0 Å². The van der Waals surface area contributed by atoms with Gasteiger partial charge in [0.05, 0.1) is 12.7 Å². The Morgan fingerprint density at radius 2 is 2.38 bits per heavy atom. The topological polar surface area (TPSA) is 60.5 Å². The van der Waals surface area contributed by atoms with Crippen LogP contribution in [0.25, 0.3) is 0 Å². The molecule has 5 heteroatoms. The molecule has 0 radical (unpaired) electrons. The molecule has 1 aromatic heterocycles. The molecule has 1 aliphatic rings. The summed E-state index contributed by atoms with van der Waals surface area (Å²) in [5.41, 5.74) is 1.99. The molecule has 116 valence electrons. The molecular formula is C16H24N2O3. The van der Waals surface area contributed by atoms with Crippen molar-refractivity contribution in [2.45, 2.75) is 38.7 Å². The van der Waals surface area contributed by atoms with E-state index < -0.39 is 0 Å². The zero-order valence-electron chi connectivity index (χ0n) is 12.6. The monoisotopic (exact) mass is 292 g/mol. The minimum absolute atomic E-state index is 0.0848. The fourth-order valence-corrected chi connectivity index (χ4v) is 2.34. The summed E-state index contributed by atoms with van der Waals surface area (Å²) in [5.74, 6) is -0.0848. The molecule has 21 heavy (non-hydrogen) atoms. The highest BCUT2D eigenvalue weighted by atomic mass is 16.5. The number of ether oxygens (including phenoxy) is 2. The highest BCUT2D eigenvalue weighted by Crippen LogP contribution is 2.12. The van der Waals surface area contributed by atoms with Gasteiger partial charge in [-0.1, -0.05) is 6.07 Å². The smallest absolute Gasteiger partial charge is 0.246 e. The zero-order chi connectivity index (χ0) is 14.9. The van der Waals surface area contributed by atoms with E-state index in [0.717, 1.165) is 37.3 Å². The van der Waals surface area contributed by atoms with Gasteiger partial charge in [-0.2, -0.15) is 0 Å². The van der Waals surface area contributed by atoms with Gasteiger partial charge in [0.1, 0.15) is 6.61 Å². The van der Waals surface area contributed by atoms with Crippen LogP contribution in [0.1, 0.15) is 30.7 Å². The summed E-state index contributed by atoms with van der Waals surface area (Å²) in [6, 6.07) is 5.91. The van der Waals surface area contributed by atoms with Gasteiger partial charge in [-0.15, -0.1) is 0 Å². The first-order chi connectivity index (χ1) is 10.2. The minimum atomic E-state index is -0.0848. The summed E-state index contributed by atoms with van der Waals surface area (Å²) in [6.07, 6.45) is 4.23. The molecule has 5 nitrogen and oxygen atoms in total. The summed E-state index contributed by atoms with van der Waals surface area (Å²) < 4.78 is 10.9. The lowest BCUT2D eigenvalue weighted by Crippen LogP contribution is -2.32. The van der Waals surface area contributed by atoms with Gasteiger partial charge in [0.25, 0.3) is 0 Å². The number of nitrogens with zero attached hydrogens (tertiary/aromatic N) is 1. The number of hydrogen-bond acceptors (Lipinski definition) is 4. The summed E-state index contributed by atoms with van der Waals surface area (Å²) in [4.78, 5) is 16.0. The average Bonchev–Trinajstić information content (AvgIpc) is 2.48. The second kappa shape index (κ2) is 8.74. The number of aryl methyl sites for hydroxylation is 1. The Bertz CT molecular complexity index is 445. The largest absolute Gasteiger partial charge is 0.376 e. The number of hydrogen-bond donors (Lipinski definition) is 1. The summed E-state index contributed by atoms with van der Waals surface area (Å²) in [7, 11) is 0. The number of rotatable bonds is 7. The van der Waals surface area contributed by atoms with Gasteiger partial charge >= 0.3 is 0 Å². The molecular weight excluding hydrogens is 268 g/mol. The van der Waals surface area contributed by atoms with Gasteiger partial charge in [-0.05, 0) is 38.3 Å². The van der Waals surface area contributed by atoms with Crippen LogP contribution >= 0.6 is 0 Å². The lowest BCUT2D eigenvalue weighted by molar-refractivity contribution is -0.127. The quantitative estimate of drug-likeness (QED) is 0.830. The van der Waals surface area contributed by atoms with Crippen LogP contribution in [0.15, 0.2) is 18.2 Å². The molecule has 0 spiro atoms. The van der Waals surface area contributed by atoms with Crippen molar-refractivity contribution >= 4 is 5.91 Å². The van der Waals surface area contributed by atoms with Gasteiger partial charge in [0, 0.05) is 31.0 Å². The van der Waals surface area contributed by atoms with Crippen LogP contribution in [0.5, 0.6) is 0 Å². The maximum absolute atomic E-state index is 11.6. The lowest BCUT2D eigenvalue weighted by Gasteiger charge is -2.22. The van der Waals surface area contributed by atoms with Gasteiger partial charge in [0.2, 0.25) is 5.91 Å². The first-order valence-electron chi connectivity index (χ1n) is 7.62. The van der Waals surface area contributed by atoms with E-state index in [1.807, 2.05) is 25.1 Å². The number of carbonyl (C=O) groups excluding carboxylic acids is 1. The van der Waals surface area contributed by atoms with E-state index in [2.05, 4.69) is 10.3 Å². The van der Waals surface area contributed by atoms with Crippen molar-refractivity contribution in [2.24, 2.45) is 0 Å². The first kappa shape index (κ1) is 15.9. The fraction of sp³-hybridized carbons (Fsp3) is 0.625. The fourth-order valence-electron chi connectivity index (χ4n) is 2.34. The van der Waals surface area contributed by atoms with Crippen LogP contribution in [0.3, 0.4) is 0 Å². The molecule has 1 aliphatic heterocycles. The van der Waals surface area contributed by atoms with E-state index in [9.17, 15) is 4.79 Å². The Morgan fingerprint density at radius 3 is 3.14 bits per heavy atom. The predicted molar refractivity (Wildman–Crippen MR) is 80.1 cm³/mol. The second-order valence-electron chi connectivity index (χ2n) is 5.37. The first-order valence-corrected chi connectivity index (χ1v) is 7.62. The SMILES string of the molecule is Cc1cccc(CCNC(=O)COCC2CCCCO2)n1. The van der Waals surface area contributed by atoms with E-state index in [1.54, 1.807) is 0 Å². The third-order valence-electron chi connectivity index (χ3n) is 3.46. The van der Waals surface area contributed by atoms with E-state index in [4.69, 9.17) is 9.47 Å².